The average Bonchev–Trinajstić information content (AvgIpc) is 2.85. The Labute approximate surface area is 175 Å². The Morgan fingerprint density at radius 3 is 1.70 bits per heavy atom. The van der Waals surface area contributed by atoms with Gasteiger partial charge in [-0.25, -0.2) is 17.7 Å². The minimum Gasteiger partial charge on any atom is -1.00 e. The molecule has 0 N–H and O–H groups in total. The monoisotopic (exact) mass is 520 g/mol. The quantitative estimate of drug-likeness (QED) is 0.314. The summed E-state index contributed by atoms with van der Waals surface area (Å²) >= 11 is 0. The standard InChI is InChI=1S/2C10H15.2ClH.Hf/c2*1-8-5-6-9(7-8)10(2,3)4;;;/h7H,6H2,1-4H3;6-8H,1-4H3;2*1H;/q2*-1;;;+4/p-2. The van der Waals surface area contributed by atoms with Gasteiger partial charge in [0.05, 0.1) is 0 Å². The molecule has 0 radical (unpaired) electrons. The van der Waals surface area contributed by atoms with Crippen LogP contribution < -0.4 is 24.8 Å². The maximum atomic E-state index is 3.30. The molecule has 0 amide bonds. The van der Waals surface area contributed by atoms with E-state index in [1.54, 1.807) is 0 Å². The maximum Gasteiger partial charge on any atom is 4.00 e. The maximum absolute atomic E-state index is 3.30. The Balaban J connectivity index is -0.000000308. The molecule has 0 aromatic rings. The van der Waals surface area contributed by atoms with Crippen LogP contribution in [0.5, 0.6) is 0 Å². The van der Waals surface area contributed by atoms with Crippen molar-refractivity contribution < 1.29 is 50.7 Å². The van der Waals surface area contributed by atoms with Gasteiger partial charge in [-0.2, -0.15) is 17.2 Å². The van der Waals surface area contributed by atoms with Crippen LogP contribution in [0.4, 0.5) is 0 Å². The molecule has 23 heavy (non-hydrogen) atoms. The van der Waals surface area contributed by atoms with Crippen LogP contribution in [0.25, 0.3) is 0 Å². The van der Waals surface area contributed by atoms with Crippen LogP contribution in [0.2, 0.25) is 0 Å². The fourth-order valence-corrected chi connectivity index (χ4v) is 2.13. The molecule has 0 aliphatic heterocycles. The minimum atomic E-state index is 0. The molecule has 2 aliphatic rings. The summed E-state index contributed by atoms with van der Waals surface area (Å²) in [5.41, 5.74) is 4.86. The predicted molar refractivity (Wildman–Crippen MR) is 89.1 cm³/mol. The fraction of sp³-hybridized carbons (Fsp3) is 0.600. The van der Waals surface area contributed by atoms with Crippen LogP contribution >= 0.6 is 0 Å². The van der Waals surface area contributed by atoms with Crippen molar-refractivity contribution >= 4 is 0 Å². The number of hydrogen-bond acceptors (Lipinski definition) is 0. The normalized spacial score (nSPS) is 19.1. The summed E-state index contributed by atoms with van der Waals surface area (Å²) in [4.78, 5) is 0. The van der Waals surface area contributed by atoms with Crippen molar-refractivity contribution in [1.29, 1.82) is 0 Å². The first-order valence-electron chi connectivity index (χ1n) is 7.60. The van der Waals surface area contributed by atoms with Crippen molar-refractivity contribution in [2.24, 2.45) is 16.7 Å². The fourth-order valence-electron chi connectivity index (χ4n) is 2.13. The molecule has 0 aromatic heterocycles. The van der Waals surface area contributed by atoms with Crippen LogP contribution in [-0.4, -0.2) is 0 Å². The third kappa shape index (κ3) is 10.1. The second-order valence-corrected chi connectivity index (χ2v) is 7.93. The van der Waals surface area contributed by atoms with Crippen molar-refractivity contribution in [3.05, 3.63) is 47.1 Å². The molecule has 0 aromatic carbocycles. The summed E-state index contributed by atoms with van der Waals surface area (Å²) in [6.45, 7) is 17.7. The van der Waals surface area contributed by atoms with E-state index in [2.05, 4.69) is 85.8 Å². The number of halogens is 2. The summed E-state index contributed by atoms with van der Waals surface area (Å²) < 4.78 is 0. The van der Waals surface area contributed by atoms with E-state index >= 15 is 0 Å². The Bertz CT molecular complexity index is 469. The van der Waals surface area contributed by atoms with Gasteiger partial charge in [0.1, 0.15) is 0 Å². The molecular weight excluding hydrogens is 490 g/mol. The molecular formula is C20H30Cl2Hf. The zero-order chi connectivity index (χ0) is 15.6. The average molecular weight is 520 g/mol. The van der Waals surface area contributed by atoms with Crippen LogP contribution in [-0.2, 0) is 25.8 Å². The van der Waals surface area contributed by atoms with Crippen molar-refractivity contribution in [3.63, 3.8) is 0 Å². The molecule has 2 rings (SSSR count). The van der Waals surface area contributed by atoms with Crippen LogP contribution in [0.15, 0.2) is 34.9 Å². The minimum absolute atomic E-state index is 0. The van der Waals surface area contributed by atoms with Crippen molar-refractivity contribution in [2.45, 2.75) is 61.8 Å². The van der Waals surface area contributed by atoms with Crippen molar-refractivity contribution in [2.75, 3.05) is 0 Å². The van der Waals surface area contributed by atoms with E-state index in [4.69, 9.17) is 0 Å². The first kappa shape index (κ1) is 28.2. The SMILES string of the molecule is CC1=[C-]CC(C(C)(C)C)=C1.CC1[C-]=CC(C(C)(C)C)=C1.[Cl-].[Cl-].[Hf+4]. The Morgan fingerprint density at radius 2 is 1.52 bits per heavy atom. The first-order chi connectivity index (χ1) is 9.00. The second-order valence-electron chi connectivity index (χ2n) is 7.93. The van der Waals surface area contributed by atoms with E-state index in [9.17, 15) is 0 Å². The summed E-state index contributed by atoms with van der Waals surface area (Å²) in [6, 6.07) is 0. The smallest absolute Gasteiger partial charge is 1.00 e. The third-order valence-electron chi connectivity index (χ3n) is 3.71. The van der Waals surface area contributed by atoms with Gasteiger partial charge < -0.3 is 24.8 Å². The number of rotatable bonds is 0. The van der Waals surface area contributed by atoms with E-state index in [0.29, 0.717) is 16.7 Å². The molecule has 0 fully saturated rings. The van der Waals surface area contributed by atoms with Crippen LogP contribution in [0.1, 0.15) is 61.8 Å². The number of hydrogen-bond donors (Lipinski definition) is 0. The van der Waals surface area contributed by atoms with E-state index in [0.717, 1.165) is 6.42 Å². The summed E-state index contributed by atoms with van der Waals surface area (Å²) in [5, 5.41) is 0. The van der Waals surface area contributed by atoms with Gasteiger partial charge >= 0.3 is 25.8 Å². The Morgan fingerprint density at radius 1 is 1.00 bits per heavy atom. The van der Waals surface area contributed by atoms with Crippen molar-refractivity contribution in [1.82, 2.24) is 0 Å². The van der Waals surface area contributed by atoms with Gasteiger partial charge in [0.15, 0.2) is 0 Å². The van der Waals surface area contributed by atoms with Gasteiger partial charge in [-0.15, -0.1) is 6.42 Å². The first-order valence-corrected chi connectivity index (χ1v) is 7.60. The molecule has 0 spiro atoms. The largest absolute Gasteiger partial charge is 4.00 e. The van der Waals surface area contributed by atoms with Gasteiger partial charge in [-0.1, -0.05) is 66.7 Å². The number of allylic oxidation sites excluding steroid dienone is 8. The van der Waals surface area contributed by atoms with Crippen LogP contribution in [0.3, 0.4) is 0 Å². The molecule has 1 unspecified atom stereocenters. The molecule has 0 saturated heterocycles. The van der Waals surface area contributed by atoms with E-state index in [-0.39, 0.29) is 50.7 Å². The van der Waals surface area contributed by atoms with Gasteiger partial charge in [0.25, 0.3) is 0 Å². The van der Waals surface area contributed by atoms with E-state index < -0.39 is 0 Å². The Hall–Kier alpha value is 0.410. The summed E-state index contributed by atoms with van der Waals surface area (Å²) in [7, 11) is 0. The molecule has 0 heterocycles. The molecule has 0 bridgehead atoms. The zero-order valence-corrected chi connectivity index (χ0v) is 20.9. The molecule has 2 aliphatic carbocycles. The second kappa shape index (κ2) is 11.1. The molecule has 0 nitrogen and oxygen atoms in total. The van der Waals surface area contributed by atoms with Crippen molar-refractivity contribution in [3.8, 4) is 0 Å². The van der Waals surface area contributed by atoms with Crippen LogP contribution in [0, 0.1) is 28.9 Å². The molecule has 3 heteroatoms. The molecule has 128 valence electrons. The van der Waals surface area contributed by atoms with Gasteiger partial charge in [-0.05, 0) is 5.41 Å². The summed E-state index contributed by atoms with van der Waals surface area (Å²) in [5.74, 6) is 0.522. The molecule has 0 saturated carbocycles. The zero-order valence-electron chi connectivity index (χ0n) is 15.8. The summed E-state index contributed by atoms with van der Waals surface area (Å²) in [6.07, 6.45) is 14.2. The molecule has 1 atom stereocenters. The van der Waals surface area contributed by atoms with E-state index in [1.165, 1.54) is 16.7 Å². The predicted octanol–water partition coefficient (Wildman–Crippen LogP) is 0.0856. The Kier molecular flexibility index (Phi) is 13.6. The third-order valence-corrected chi connectivity index (χ3v) is 3.71. The topological polar surface area (TPSA) is 0 Å². The van der Waals surface area contributed by atoms with Gasteiger partial charge in [0, 0.05) is 0 Å². The van der Waals surface area contributed by atoms with E-state index in [1.807, 2.05) is 0 Å². The van der Waals surface area contributed by atoms with Gasteiger partial charge in [0.2, 0.25) is 0 Å². The van der Waals surface area contributed by atoms with Gasteiger partial charge in [-0.3, -0.25) is 12.2 Å².